The molecule has 0 saturated carbocycles. The molecule has 3 amide bonds. The maximum atomic E-state index is 12.2. The maximum absolute atomic E-state index is 12.2. The summed E-state index contributed by atoms with van der Waals surface area (Å²) in [4.78, 5) is 37.5. The van der Waals surface area contributed by atoms with Crippen LogP contribution in [0.4, 0.5) is 4.79 Å². The van der Waals surface area contributed by atoms with Crippen LogP contribution in [-0.2, 0) is 9.59 Å². The number of imide groups is 1. The molecule has 2 aliphatic heterocycles. The topological polar surface area (TPSA) is 57.7 Å². The van der Waals surface area contributed by atoms with Crippen LogP contribution in [0, 0.1) is 0 Å². The third kappa shape index (κ3) is 1.83. The molecule has 2 aliphatic rings. The van der Waals surface area contributed by atoms with Crippen molar-refractivity contribution < 1.29 is 14.4 Å². The predicted octanol–water partition coefficient (Wildman–Crippen LogP) is 1.26. The second kappa shape index (κ2) is 3.88. The number of nitrogens with zero attached hydrogens (tertiary/aromatic N) is 2. The van der Waals surface area contributed by atoms with E-state index in [0.29, 0.717) is 0 Å². The van der Waals surface area contributed by atoms with Gasteiger partial charge in [-0.15, -0.1) is 11.8 Å². The molecule has 0 aliphatic carbocycles. The fourth-order valence-corrected chi connectivity index (χ4v) is 4.26. The minimum Gasteiger partial charge on any atom is -0.316 e. The van der Waals surface area contributed by atoms with Gasteiger partial charge in [0.2, 0.25) is 5.91 Å². The highest BCUT2D eigenvalue weighted by molar-refractivity contribution is 8.01. The average Bonchev–Trinajstić information content (AvgIpc) is 2.39. The van der Waals surface area contributed by atoms with E-state index in [1.165, 1.54) is 18.7 Å². The lowest BCUT2D eigenvalue weighted by atomic mass is 9.98. The second-order valence-corrected chi connectivity index (χ2v) is 6.86. The zero-order valence-corrected chi connectivity index (χ0v) is 11.3. The molecule has 2 bridgehead atoms. The molecule has 2 heterocycles. The fraction of sp³-hybridized carbons (Fsp3) is 0.700. The molecule has 2 saturated heterocycles. The first kappa shape index (κ1) is 12.7. The number of rotatable bonds is 0. The van der Waals surface area contributed by atoms with E-state index >= 15 is 0 Å². The number of hydrogen-bond donors (Lipinski definition) is 0. The summed E-state index contributed by atoms with van der Waals surface area (Å²) < 4.78 is -0.394. The molecule has 7 heteroatoms. The molecular weight excluding hydrogens is 264 g/mol. The Labute approximate surface area is 108 Å². The first-order valence-corrected chi connectivity index (χ1v) is 6.49. The van der Waals surface area contributed by atoms with Gasteiger partial charge in [-0.3, -0.25) is 19.3 Å². The summed E-state index contributed by atoms with van der Waals surface area (Å²) in [6.07, 6.45) is 0. The average molecular weight is 277 g/mol. The van der Waals surface area contributed by atoms with Crippen molar-refractivity contribution >= 4 is 40.5 Å². The lowest BCUT2D eigenvalue weighted by molar-refractivity contribution is -0.148. The normalized spacial score (nSPS) is 30.7. The van der Waals surface area contributed by atoms with Crippen molar-refractivity contribution in [1.29, 1.82) is 0 Å². The molecule has 0 spiro atoms. The summed E-state index contributed by atoms with van der Waals surface area (Å²) in [6, 6.07) is -0.605. The number of hydrogen-bond acceptors (Lipinski definition) is 4. The Morgan fingerprint density at radius 1 is 1.47 bits per heavy atom. The molecule has 2 unspecified atom stereocenters. The highest BCUT2D eigenvalue weighted by Crippen LogP contribution is 2.47. The number of carbonyl (C=O) groups is 3. The Morgan fingerprint density at radius 2 is 2.06 bits per heavy atom. The highest BCUT2D eigenvalue weighted by Gasteiger charge is 2.58. The largest absolute Gasteiger partial charge is 0.323 e. The summed E-state index contributed by atoms with van der Waals surface area (Å²) in [5.74, 6) is -0.528. The molecule has 0 aromatic heterocycles. The monoisotopic (exact) mass is 276 g/mol. The Kier molecular flexibility index (Phi) is 2.90. The standard InChI is InChI=1S/C10H13ClN2O3S/c1-5(14)13-6-4-12(9(11)16)8(15)7(13)10(2,3)17-6/h6-7H,4H2,1-3H3. The summed E-state index contributed by atoms with van der Waals surface area (Å²) in [5, 5.41) is -0.959. The zero-order valence-electron chi connectivity index (χ0n) is 9.77. The Balaban J connectivity index is 2.41. The Morgan fingerprint density at radius 3 is 2.53 bits per heavy atom. The van der Waals surface area contributed by atoms with Crippen molar-refractivity contribution in [2.75, 3.05) is 6.54 Å². The molecule has 0 aromatic rings. The van der Waals surface area contributed by atoms with E-state index in [4.69, 9.17) is 11.6 Å². The lowest BCUT2D eigenvalue weighted by Gasteiger charge is -2.38. The molecule has 0 radical (unpaired) electrons. The SMILES string of the molecule is CC(=O)N1C2CN(C(=O)Cl)C(=O)C1C(C)(C)S2. The van der Waals surface area contributed by atoms with Crippen molar-refractivity contribution in [3.63, 3.8) is 0 Å². The van der Waals surface area contributed by atoms with Crippen molar-refractivity contribution in [3.05, 3.63) is 0 Å². The van der Waals surface area contributed by atoms with E-state index in [-0.39, 0.29) is 23.7 Å². The van der Waals surface area contributed by atoms with Crippen LogP contribution in [-0.4, -0.2) is 49.7 Å². The van der Waals surface area contributed by atoms with Crippen LogP contribution >= 0.6 is 23.4 Å². The number of carbonyl (C=O) groups excluding carboxylic acids is 3. The van der Waals surface area contributed by atoms with Gasteiger partial charge in [-0.25, -0.2) is 0 Å². The van der Waals surface area contributed by atoms with Crippen LogP contribution in [0.2, 0.25) is 0 Å². The molecule has 2 atom stereocenters. The van der Waals surface area contributed by atoms with Gasteiger partial charge in [-0.2, -0.15) is 0 Å². The van der Waals surface area contributed by atoms with E-state index in [9.17, 15) is 14.4 Å². The molecule has 94 valence electrons. The van der Waals surface area contributed by atoms with Crippen LogP contribution in [0.1, 0.15) is 20.8 Å². The van der Waals surface area contributed by atoms with E-state index in [1.54, 1.807) is 4.90 Å². The quantitative estimate of drug-likeness (QED) is 0.494. The van der Waals surface area contributed by atoms with Gasteiger partial charge in [-0.05, 0) is 25.4 Å². The Bertz CT molecular complexity index is 412. The third-order valence-corrected chi connectivity index (χ3v) is 4.78. The van der Waals surface area contributed by atoms with Gasteiger partial charge in [0.1, 0.15) is 6.04 Å². The molecular formula is C10H13ClN2O3S. The van der Waals surface area contributed by atoms with Crippen LogP contribution in [0.5, 0.6) is 0 Å². The lowest BCUT2D eigenvalue weighted by Crippen LogP contribution is -2.61. The van der Waals surface area contributed by atoms with Crippen LogP contribution in [0.3, 0.4) is 0 Å². The van der Waals surface area contributed by atoms with Gasteiger partial charge in [-0.1, -0.05) is 0 Å². The fourth-order valence-electron chi connectivity index (χ4n) is 2.45. The van der Waals surface area contributed by atoms with E-state index < -0.39 is 16.2 Å². The molecule has 17 heavy (non-hydrogen) atoms. The van der Waals surface area contributed by atoms with Crippen molar-refractivity contribution in [2.45, 2.75) is 36.9 Å². The predicted molar refractivity (Wildman–Crippen MR) is 64.7 cm³/mol. The second-order valence-electron chi connectivity index (χ2n) is 4.71. The number of fused-ring (bicyclic) bond motifs is 2. The van der Waals surface area contributed by atoms with E-state index in [2.05, 4.69) is 0 Å². The molecule has 5 nitrogen and oxygen atoms in total. The number of thioether (sulfide) groups is 1. The molecule has 2 fully saturated rings. The van der Waals surface area contributed by atoms with Gasteiger partial charge < -0.3 is 4.90 Å². The number of halogens is 1. The van der Waals surface area contributed by atoms with Crippen molar-refractivity contribution in [3.8, 4) is 0 Å². The van der Waals surface area contributed by atoms with Gasteiger partial charge in [0, 0.05) is 11.7 Å². The van der Waals surface area contributed by atoms with Gasteiger partial charge in [0.15, 0.2) is 0 Å². The van der Waals surface area contributed by atoms with Crippen molar-refractivity contribution in [1.82, 2.24) is 9.80 Å². The maximum Gasteiger partial charge on any atom is 0.323 e. The molecule has 0 aromatic carbocycles. The number of piperazine rings is 1. The number of amides is 3. The minimum atomic E-state index is -0.772. The summed E-state index contributed by atoms with van der Waals surface area (Å²) in [6.45, 7) is 5.41. The van der Waals surface area contributed by atoms with E-state index in [0.717, 1.165) is 4.90 Å². The van der Waals surface area contributed by atoms with Crippen LogP contribution in [0.15, 0.2) is 0 Å². The van der Waals surface area contributed by atoms with Crippen LogP contribution < -0.4 is 0 Å². The first-order valence-electron chi connectivity index (χ1n) is 5.23. The van der Waals surface area contributed by atoms with Crippen molar-refractivity contribution in [2.24, 2.45) is 0 Å². The zero-order chi connectivity index (χ0) is 13.0. The van der Waals surface area contributed by atoms with Gasteiger partial charge >= 0.3 is 5.37 Å². The van der Waals surface area contributed by atoms with Gasteiger partial charge in [0.25, 0.3) is 5.91 Å². The highest BCUT2D eigenvalue weighted by atomic mass is 35.5. The smallest absolute Gasteiger partial charge is 0.316 e. The molecule has 0 N–H and O–H groups in total. The van der Waals surface area contributed by atoms with Crippen LogP contribution in [0.25, 0.3) is 0 Å². The summed E-state index contributed by atoms with van der Waals surface area (Å²) in [5.41, 5.74) is 0. The Hall–Kier alpha value is -0.750. The van der Waals surface area contributed by atoms with Gasteiger partial charge in [0.05, 0.1) is 11.9 Å². The summed E-state index contributed by atoms with van der Waals surface area (Å²) >= 11 is 6.92. The summed E-state index contributed by atoms with van der Waals surface area (Å²) in [7, 11) is 0. The third-order valence-electron chi connectivity index (χ3n) is 3.10. The minimum absolute atomic E-state index is 0.145. The first-order chi connectivity index (χ1) is 7.75. The van der Waals surface area contributed by atoms with E-state index in [1.807, 2.05) is 13.8 Å². The molecule has 2 rings (SSSR count).